The van der Waals surface area contributed by atoms with Crippen LogP contribution in [0.3, 0.4) is 0 Å². The Balaban J connectivity index is 1.98. The SMILES string of the molecule is CCCC(N)c1nc(C(=O)N2CCN(C=O)CC2)co1. The van der Waals surface area contributed by atoms with E-state index in [0.29, 0.717) is 32.1 Å². The van der Waals surface area contributed by atoms with Crippen molar-refractivity contribution in [3.8, 4) is 0 Å². The molecule has 2 heterocycles. The number of aromatic nitrogens is 1. The van der Waals surface area contributed by atoms with Crippen molar-refractivity contribution in [3.63, 3.8) is 0 Å². The van der Waals surface area contributed by atoms with Crippen molar-refractivity contribution >= 4 is 12.3 Å². The fourth-order valence-electron chi connectivity index (χ4n) is 2.18. The third kappa shape index (κ3) is 3.16. The first kappa shape index (κ1) is 14.5. The summed E-state index contributed by atoms with van der Waals surface area (Å²) in [6, 6.07) is -0.270. The molecule has 1 unspecified atom stereocenters. The Kier molecular flexibility index (Phi) is 4.73. The van der Waals surface area contributed by atoms with Gasteiger partial charge in [0.05, 0.1) is 6.04 Å². The van der Waals surface area contributed by atoms with Gasteiger partial charge in [0.1, 0.15) is 6.26 Å². The molecule has 0 spiro atoms. The molecule has 7 nitrogen and oxygen atoms in total. The van der Waals surface area contributed by atoms with Crippen molar-refractivity contribution in [3.05, 3.63) is 17.8 Å². The van der Waals surface area contributed by atoms with Crippen molar-refractivity contribution in [2.75, 3.05) is 26.2 Å². The molecule has 7 heteroatoms. The van der Waals surface area contributed by atoms with Crippen LogP contribution >= 0.6 is 0 Å². The molecule has 0 aromatic carbocycles. The quantitative estimate of drug-likeness (QED) is 0.787. The van der Waals surface area contributed by atoms with Crippen LogP contribution in [0.4, 0.5) is 0 Å². The van der Waals surface area contributed by atoms with Crippen molar-refractivity contribution < 1.29 is 14.0 Å². The third-order valence-electron chi connectivity index (χ3n) is 3.41. The summed E-state index contributed by atoms with van der Waals surface area (Å²) in [6.45, 7) is 4.16. The van der Waals surface area contributed by atoms with Crippen LogP contribution in [0.15, 0.2) is 10.7 Å². The van der Waals surface area contributed by atoms with Gasteiger partial charge in [-0.15, -0.1) is 0 Å². The van der Waals surface area contributed by atoms with E-state index < -0.39 is 0 Å². The Morgan fingerprint density at radius 1 is 1.50 bits per heavy atom. The second kappa shape index (κ2) is 6.51. The predicted octanol–water partition coefficient (Wildman–Crippen LogP) is 0.389. The molecule has 1 aliphatic heterocycles. The van der Waals surface area contributed by atoms with Gasteiger partial charge < -0.3 is 20.0 Å². The first-order valence-electron chi connectivity index (χ1n) is 6.85. The lowest BCUT2D eigenvalue weighted by Crippen LogP contribution is -2.48. The molecule has 20 heavy (non-hydrogen) atoms. The average Bonchev–Trinajstić information content (AvgIpc) is 2.97. The van der Waals surface area contributed by atoms with Gasteiger partial charge in [-0.05, 0) is 6.42 Å². The van der Waals surface area contributed by atoms with E-state index in [0.717, 1.165) is 19.3 Å². The summed E-state index contributed by atoms with van der Waals surface area (Å²) in [7, 11) is 0. The molecule has 2 N–H and O–H groups in total. The van der Waals surface area contributed by atoms with Gasteiger partial charge in [0.25, 0.3) is 5.91 Å². The maximum Gasteiger partial charge on any atom is 0.275 e. The highest BCUT2D eigenvalue weighted by molar-refractivity contribution is 5.92. The number of oxazole rings is 1. The Bertz CT molecular complexity index is 466. The van der Waals surface area contributed by atoms with Gasteiger partial charge in [-0.3, -0.25) is 9.59 Å². The Morgan fingerprint density at radius 2 is 2.20 bits per heavy atom. The van der Waals surface area contributed by atoms with Crippen molar-refractivity contribution in [2.45, 2.75) is 25.8 Å². The molecule has 0 saturated carbocycles. The maximum atomic E-state index is 12.2. The van der Waals surface area contributed by atoms with E-state index in [9.17, 15) is 9.59 Å². The molecular formula is C13H20N4O3. The number of hydrogen-bond donors (Lipinski definition) is 1. The predicted molar refractivity (Wildman–Crippen MR) is 71.9 cm³/mol. The smallest absolute Gasteiger partial charge is 0.275 e. The summed E-state index contributed by atoms with van der Waals surface area (Å²) in [6.07, 6.45) is 3.87. The largest absolute Gasteiger partial charge is 0.446 e. The molecule has 2 amide bonds. The van der Waals surface area contributed by atoms with Gasteiger partial charge in [0.15, 0.2) is 5.69 Å². The van der Waals surface area contributed by atoms with E-state index in [1.807, 2.05) is 6.92 Å². The Hall–Kier alpha value is -1.89. The number of nitrogens with two attached hydrogens (primary N) is 1. The highest BCUT2D eigenvalue weighted by Crippen LogP contribution is 2.16. The molecule has 0 radical (unpaired) electrons. The second-order valence-electron chi connectivity index (χ2n) is 4.90. The standard InChI is InChI=1S/C13H20N4O3/c1-2-3-10(14)12-15-11(8-20-12)13(19)17-6-4-16(9-18)5-7-17/h8-10H,2-7,14H2,1H3. The molecule has 0 bridgehead atoms. The number of carbonyl (C=O) groups is 2. The molecule has 1 fully saturated rings. The number of nitrogens with zero attached hydrogens (tertiary/aromatic N) is 3. The van der Waals surface area contributed by atoms with E-state index in [1.54, 1.807) is 9.80 Å². The minimum absolute atomic E-state index is 0.172. The van der Waals surface area contributed by atoms with Crippen LogP contribution in [0, 0.1) is 0 Å². The number of amides is 2. The average molecular weight is 280 g/mol. The lowest BCUT2D eigenvalue weighted by atomic mass is 10.2. The van der Waals surface area contributed by atoms with Crippen LogP contribution in [0.5, 0.6) is 0 Å². The van der Waals surface area contributed by atoms with Crippen LogP contribution in [0.1, 0.15) is 42.2 Å². The molecule has 1 aliphatic rings. The lowest BCUT2D eigenvalue weighted by Gasteiger charge is -2.31. The van der Waals surface area contributed by atoms with Crippen molar-refractivity contribution in [1.29, 1.82) is 0 Å². The maximum absolute atomic E-state index is 12.2. The van der Waals surface area contributed by atoms with E-state index in [2.05, 4.69) is 4.98 Å². The first-order chi connectivity index (χ1) is 9.65. The fraction of sp³-hybridized carbons (Fsp3) is 0.615. The van der Waals surface area contributed by atoms with E-state index in [-0.39, 0.29) is 17.6 Å². The van der Waals surface area contributed by atoms with Gasteiger partial charge in [0, 0.05) is 26.2 Å². The zero-order valence-electron chi connectivity index (χ0n) is 11.6. The molecule has 0 aliphatic carbocycles. The van der Waals surface area contributed by atoms with Crippen LogP contribution < -0.4 is 5.73 Å². The summed E-state index contributed by atoms with van der Waals surface area (Å²) >= 11 is 0. The fourth-order valence-corrected chi connectivity index (χ4v) is 2.18. The van der Waals surface area contributed by atoms with Gasteiger partial charge in [-0.2, -0.15) is 0 Å². The molecule has 1 saturated heterocycles. The topological polar surface area (TPSA) is 92.7 Å². The van der Waals surface area contributed by atoms with Gasteiger partial charge in [0.2, 0.25) is 12.3 Å². The number of carbonyl (C=O) groups excluding carboxylic acids is 2. The minimum Gasteiger partial charge on any atom is -0.446 e. The minimum atomic E-state index is -0.270. The number of rotatable bonds is 5. The van der Waals surface area contributed by atoms with Gasteiger partial charge in [-0.1, -0.05) is 13.3 Å². The van der Waals surface area contributed by atoms with E-state index >= 15 is 0 Å². The van der Waals surface area contributed by atoms with Crippen LogP contribution in [0.2, 0.25) is 0 Å². The molecule has 1 atom stereocenters. The summed E-state index contributed by atoms with van der Waals surface area (Å²) in [4.78, 5) is 30.4. The summed E-state index contributed by atoms with van der Waals surface area (Å²) in [5.74, 6) is 0.232. The highest BCUT2D eigenvalue weighted by Gasteiger charge is 2.24. The van der Waals surface area contributed by atoms with Crippen molar-refractivity contribution in [2.24, 2.45) is 5.73 Å². The molecule has 1 aromatic heterocycles. The van der Waals surface area contributed by atoms with Crippen LogP contribution in [-0.4, -0.2) is 53.3 Å². The summed E-state index contributed by atoms with van der Waals surface area (Å²) in [5, 5.41) is 0. The Morgan fingerprint density at radius 3 is 2.80 bits per heavy atom. The third-order valence-corrected chi connectivity index (χ3v) is 3.41. The second-order valence-corrected chi connectivity index (χ2v) is 4.90. The van der Waals surface area contributed by atoms with Crippen LogP contribution in [-0.2, 0) is 4.79 Å². The van der Waals surface area contributed by atoms with E-state index in [4.69, 9.17) is 10.2 Å². The normalized spacial score (nSPS) is 17.1. The van der Waals surface area contributed by atoms with Gasteiger partial charge >= 0.3 is 0 Å². The van der Waals surface area contributed by atoms with Gasteiger partial charge in [-0.25, -0.2) is 4.98 Å². The first-order valence-corrected chi connectivity index (χ1v) is 6.85. The zero-order valence-corrected chi connectivity index (χ0v) is 11.6. The zero-order chi connectivity index (χ0) is 14.5. The summed E-state index contributed by atoms with van der Waals surface area (Å²) < 4.78 is 5.28. The lowest BCUT2D eigenvalue weighted by molar-refractivity contribution is -0.119. The molecule has 110 valence electrons. The van der Waals surface area contributed by atoms with Crippen molar-refractivity contribution in [1.82, 2.24) is 14.8 Å². The number of piperazine rings is 1. The highest BCUT2D eigenvalue weighted by atomic mass is 16.3. The van der Waals surface area contributed by atoms with E-state index in [1.165, 1.54) is 6.26 Å². The Labute approximate surface area is 117 Å². The summed E-state index contributed by atoms with van der Waals surface area (Å²) in [5.41, 5.74) is 6.19. The monoisotopic (exact) mass is 280 g/mol. The van der Waals surface area contributed by atoms with Crippen LogP contribution in [0.25, 0.3) is 0 Å². The molecule has 1 aromatic rings. The molecule has 2 rings (SSSR count). The number of hydrogen-bond acceptors (Lipinski definition) is 5. The molecular weight excluding hydrogens is 260 g/mol.